The summed E-state index contributed by atoms with van der Waals surface area (Å²) < 4.78 is 18.7. The molecule has 0 aliphatic carbocycles. The summed E-state index contributed by atoms with van der Waals surface area (Å²) >= 11 is 1.39. The summed E-state index contributed by atoms with van der Waals surface area (Å²) in [7, 11) is 0. The van der Waals surface area contributed by atoms with Gasteiger partial charge < -0.3 is 4.55 Å². The minimum atomic E-state index is -2.36. The summed E-state index contributed by atoms with van der Waals surface area (Å²) in [5, 5.41) is 4.03. The third kappa shape index (κ3) is 5.11. The van der Waals surface area contributed by atoms with Crippen molar-refractivity contribution in [2.45, 2.75) is 0 Å². The Bertz CT molecular complexity index is 718. The second-order valence-corrected chi connectivity index (χ2v) is 5.97. The highest BCUT2D eigenvalue weighted by Crippen LogP contribution is 2.36. The van der Waals surface area contributed by atoms with Crippen LogP contribution in [-0.4, -0.2) is 8.76 Å². The Balaban J connectivity index is 0.000000433. The van der Waals surface area contributed by atoms with Crippen molar-refractivity contribution in [1.29, 1.82) is 0 Å². The van der Waals surface area contributed by atoms with Crippen LogP contribution in [0.25, 0.3) is 22.3 Å². The first-order valence-corrected chi connectivity index (χ1v) is 8.75. The second kappa shape index (κ2) is 8.74. The van der Waals surface area contributed by atoms with Crippen LogP contribution in [0.2, 0.25) is 0 Å². The lowest BCUT2D eigenvalue weighted by molar-refractivity contribution is 0.539. The fourth-order valence-corrected chi connectivity index (χ4v) is 2.94. The van der Waals surface area contributed by atoms with Crippen molar-refractivity contribution in [2.24, 2.45) is 5.14 Å². The Labute approximate surface area is 146 Å². The van der Waals surface area contributed by atoms with E-state index < -0.39 is 11.3 Å². The van der Waals surface area contributed by atoms with Gasteiger partial charge in [-0.1, -0.05) is 78.9 Å². The van der Waals surface area contributed by atoms with Crippen molar-refractivity contribution in [2.75, 3.05) is 0 Å². The summed E-state index contributed by atoms with van der Waals surface area (Å²) in [5.41, 5.74) is 4.91. The minimum absolute atomic E-state index is 1.15. The Kier molecular flexibility index (Phi) is 6.67. The van der Waals surface area contributed by atoms with Crippen LogP contribution in [0.1, 0.15) is 0 Å². The molecule has 3 rings (SSSR count). The number of hydrogen-bond donors (Lipinski definition) is 1. The van der Waals surface area contributed by atoms with Crippen LogP contribution in [0.5, 0.6) is 0 Å². The molecule has 3 aromatic rings. The van der Waals surface area contributed by atoms with E-state index in [1.54, 1.807) is 0 Å². The van der Waals surface area contributed by atoms with E-state index >= 15 is 0 Å². The standard InChI is InChI=1S/C18H13Br.H3NO2S/c19-18-16(14-8-3-1-4-9-14)12-7-13-17(18)15-10-5-2-6-11-15;1-4(2)3/h1-13H;1H2,(H,2,3)/p-1. The third-order valence-corrected chi connectivity index (χ3v) is 4.02. The Morgan fingerprint density at radius 3 is 1.43 bits per heavy atom. The molecule has 0 bridgehead atoms. The summed E-state index contributed by atoms with van der Waals surface area (Å²) in [5.74, 6) is 0. The van der Waals surface area contributed by atoms with E-state index in [1.165, 1.54) is 22.3 Å². The smallest absolute Gasteiger partial charge is 0.0332 e. The topological polar surface area (TPSA) is 66.2 Å². The quantitative estimate of drug-likeness (QED) is 0.655. The van der Waals surface area contributed by atoms with Crippen LogP contribution < -0.4 is 5.14 Å². The van der Waals surface area contributed by atoms with Crippen molar-refractivity contribution in [3.63, 3.8) is 0 Å². The summed E-state index contributed by atoms with van der Waals surface area (Å²) in [6.45, 7) is 0. The lowest BCUT2D eigenvalue weighted by Crippen LogP contribution is -1.97. The van der Waals surface area contributed by atoms with Gasteiger partial charge >= 0.3 is 0 Å². The normalized spacial score (nSPS) is 11.3. The molecule has 0 aromatic heterocycles. The molecule has 2 N–H and O–H groups in total. The van der Waals surface area contributed by atoms with E-state index in [2.05, 4.69) is 87.8 Å². The van der Waals surface area contributed by atoms with Crippen LogP contribution >= 0.6 is 15.9 Å². The first kappa shape index (κ1) is 17.6. The Morgan fingerprint density at radius 1 is 0.739 bits per heavy atom. The van der Waals surface area contributed by atoms with E-state index in [9.17, 15) is 0 Å². The maximum absolute atomic E-state index is 8.78. The molecule has 0 heterocycles. The number of halogens is 1. The summed E-state index contributed by atoms with van der Waals surface area (Å²) in [6, 6.07) is 27.3. The van der Waals surface area contributed by atoms with Gasteiger partial charge in [0.2, 0.25) is 0 Å². The maximum Gasteiger partial charge on any atom is 0.0332 e. The first-order chi connectivity index (χ1) is 11.1. The van der Waals surface area contributed by atoms with Crippen LogP contribution in [0.3, 0.4) is 0 Å². The monoisotopic (exact) mass is 388 g/mol. The second-order valence-electron chi connectivity index (χ2n) is 4.66. The number of rotatable bonds is 2. The van der Waals surface area contributed by atoms with E-state index in [4.69, 9.17) is 8.76 Å². The lowest BCUT2D eigenvalue weighted by atomic mass is 9.99. The molecule has 5 heteroatoms. The molecule has 1 atom stereocenters. The molecule has 0 saturated carbocycles. The molecule has 23 heavy (non-hydrogen) atoms. The molecule has 118 valence electrons. The highest BCUT2D eigenvalue weighted by molar-refractivity contribution is 9.10. The van der Waals surface area contributed by atoms with Gasteiger partial charge in [0.15, 0.2) is 0 Å². The zero-order valence-electron chi connectivity index (χ0n) is 12.2. The summed E-state index contributed by atoms with van der Waals surface area (Å²) in [4.78, 5) is 0. The number of nitrogens with two attached hydrogens (primary N) is 1. The molecular formula is C18H15BrNO2S-. The average molecular weight is 389 g/mol. The summed E-state index contributed by atoms with van der Waals surface area (Å²) in [6.07, 6.45) is 0. The SMILES string of the molecule is Brc1c(-c2ccccc2)cccc1-c1ccccc1.NS(=O)[O-]. The molecule has 0 amide bonds. The molecule has 3 aromatic carbocycles. The predicted molar refractivity (Wildman–Crippen MR) is 98.1 cm³/mol. The first-order valence-electron chi connectivity index (χ1n) is 6.82. The maximum atomic E-state index is 8.78. The van der Waals surface area contributed by atoms with Crippen molar-refractivity contribution in [3.05, 3.63) is 83.3 Å². The molecule has 0 radical (unpaired) electrons. The largest absolute Gasteiger partial charge is 0.760 e. The van der Waals surface area contributed by atoms with E-state index in [0.717, 1.165) is 4.47 Å². The molecule has 0 aliphatic rings. The lowest BCUT2D eigenvalue weighted by Gasteiger charge is -2.10. The zero-order valence-corrected chi connectivity index (χ0v) is 14.6. The van der Waals surface area contributed by atoms with Crippen LogP contribution in [0, 0.1) is 0 Å². The number of benzene rings is 3. The zero-order chi connectivity index (χ0) is 16.7. The van der Waals surface area contributed by atoms with Crippen LogP contribution in [0.15, 0.2) is 83.3 Å². The van der Waals surface area contributed by atoms with Crippen molar-refractivity contribution >= 4 is 27.2 Å². The highest BCUT2D eigenvalue weighted by Gasteiger charge is 2.08. The van der Waals surface area contributed by atoms with E-state index in [1.807, 2.05) is 12.1 Å². The highest BCUT2D eigenvalue weighted by atomic mass is 79.9. The van der Waals surface area contributed by atoms with E-state index in [-0.39, 0.29) is 0 Å². The van der Waals surface area contributed by atoms with Crippen LogP contribution in [0.4, 0.5) is 0 Å². The van der Waals surface area contributed by atoms with Crippen molar-refractivity contribution in [1.82, 2.24) is 0 Å². The van der Waals surface area contributed by atoms with Gasteiger partial charge in [-0.2, -0.15) is 0 Å². The molecular weight excluding hydrogens is 374 g/mol. The molecule has 3 nitrogen and oxygen atoms in total. The molecule has 1 unspecified atom stereocenters. The molecule has 0 spiro atoms. The fraction of sp³-hybridized carbons (Fsp3) is 0. The van der Waals surface area contributed by atoms with Crippen LogP contribution in [-0.2, 0) is 11.3 Å². The van der Waals surface area contributed by atoms with Crippen molar-refractivity contribution in [3.8, 4) is 22.3 Å². The van der Waals surface area contributed by atoms with Gasteiger partial charge in [-0.25, -0.2) is 0 Å². The molecule has 0 saturated heterocycles. The Hall–Kier alpha value is -1.79. The average Bonchev–Trinajstić information content (AvgIpc) is 2.56. The third-order valence-electron chi connectivity index (χ3n) is 3.17. The Morgan fingerprint density at radius 2 is 1.09 bits per heavy atom. The fourth-order valence-electron chi connectivity index (χ4n) is 2.21. The van der Waals surface area contributed by atoms with Crippen molar-refractivity contribution < 1.29 is 8.76 Å². The van der Waals surface area contributed by atoms with E-state index in [0.29, 0.717) is 0 Å². The van der Waals surface area contributed by atoms with Gasteiger partial charge in [-0.3, -0.25) is 9.35 Å². The van der Waals surface area contributed by atoms with Gasteiger partial charge in [0.25, 0.3) is 0 Å². The van der Waals surface area contributed by atoms with Gasteiger partial charge in [0.05, 0.1) is 0 Å². The van der Waals surface area contributed by atoms with Gasteiger partial charge in [-0.15, -0.1) is 0 Å². The van der Waals surface area contributed by atoms with Gasteiger partial charge in [0, 0.05) is 15.7 Å². The van der Waals surface area contributed by atoms with Gasteiger partial charge in [-0.05, 0) is 38.2 Å². The number of hydrogen-bond acceptors (Lipinski definition) is 2. The minimum Gasteiger partial charge on any atom is -0.760 e. The predicted octanol–water partition coefficient (Wildman–Crippen LogP) is 4.52. The van der Waals surface area contributed by atoms with Gasteiger partial charge in [0.1, 0.15) is 0 Å². The molecule has 0 fully saturated rings. The molecule has 0 aliphatic heterocycles.